The first-order valence-electron chi connectivity index (χ1n) is 6.21. The van der Waals surface area contributed by atoms with Gasteiger partial charge >= 0.3 is 12.0 Å². The molecule has 96 valence electrons. The number of carboxylic acid groups (broad SMARTS) is 1. The maximum atomic E-state index is 11.9. The van der Waals surface area contributed by atoms with E-state index in [9.17, 15) is 14.7 Å². The zero-order valence-corrected chi connectivity index (χ0v) is 10.5. The van der Waals surface area contributed by atoms with Crippen LogP contribution in [0.5, 0.6) is 0 Å². The van der Waals surface area contributed by atoms with Gasteiger partial charge in [-0.1, -0.05) is 6.92 Å². The summed E-state index contributed by atoms with van der Waals surface area (Å²) in [5, 5.41) is 12.2. The number of carbonyl (C=O) groups is 2. The van der Waals surface area contributed by atoms with E-state index < -0.39 is 11.4 Å². The third kappa shape index (κ3) is 2.23. The van der Waals surface area contributed by atoms with Crippen molar-refractivity contribution >= 4 is 12.0 Å². The SMILES string of the molecule is CCC1(C(=O)O)CCN(C(=O)NC2(C)CC2)C1. The maximum absolute atomic E-state index is 11.9. The van der Waals surface area contributed by atoms with Crippen molar-refractivity contribution in [1.29, 1.82) is 0 Å². The van der Waals surface area contributed by atoms with Gasteiger partial charge in [-0.3, -0.25) is 4.79 Å². The summed E-state index contributed by atoms with van der Waals surface area (Å²) in [6, 6.07) is -0.110. The molecule has 2 fully saturated rings. The Kier molecular flexibility index (Phi) is 2.79. The van der Waals surface area contributed by atoms with Crippen LogP contribution in [0.3, 0.4) is 0 Å². The van der Waals surface area contributed by atoms with Crippen molar-refractivity contribution in [3.05, 3.63) is 0 Å². The Morgan fingerprint density at radius 2 is 2.00 bits per heavy atom. The molecule has 2 amide bonds. The molecule has 0 bridgehead atoms. The van der Waals surface area contributed by atoms with Crippen LogP contribution >= 0.6 is 0 Å². The molecule has 1 aliphatic carbocycles. The molecule has 0 aromatic rings. The van der Waals surface area contributed by atoms with E-state index in [1.165, 1.54) is 0 Å². The number of likely N-dealkylation sites (tertiary alicyclic amines) is 1. The van der Waals surface area contributed by atoms with Crippen LogP contribution < -0.4 is 5.32 Å². The highest BCUT2D eigenvalue weighted by Crippen LogP contribution is 2.37. The first-order valence-corrected chi connectivity index (χ1v) is 6.21. The van der Waals surface area contributed by atoms with Gasteiger partial charge in [0.2, 0.25) is 0 Å². The van der Waals surface area contributed by atoms with E-state index in [-0.39, 0.29) is 11.6 Å². The summed E-state index contributed by atoms with van der Waals surface area (Å²) in [4.78, 5) is 24.9. The lowest BCUT2D eigenvalue weighted by Crippen LogP contribution is -2.45. The molecule has 1 saturated heterocycles. The average molecular weight is 240 g/mol. The number of amides is 2. The van der Waals surface area contributed by atoms with Crippen LogP contribution in [0.2, 0.25) is 0 Å². The molecule has 0 aromatic carbocycles. The van der Waals surface area contributed by atoms with E-state index in [1.54, 1.807) is 4.90 Å². The van der Waals surface area contributed by atoms with Crippen molar-refractivity contribution in [2.75, 3.05) is 13.1 Å². The number of nitrogens with zero attached hydrogens (tertiary/aromatic N) is 1. The Morgan fingerprint density at radius 3 is 2.41 bits per heavy atom. The molecule has 0 spiro atoms. The largest absolute Gasteiger partial charge is 0.481 e. The third-order valence-electron chi connectivity index (χ3n) is 4.18. The number of aliphatic carboxylic acids is 1. The van der Waals surface area contributed by atoms with Crippen LogP contribution in [0, 0.1) is 5.41 Å². The van der Waals surface area contributed by atoms with E-state index in [2.05, 4.69) is 5.32 Å². The molecule has 1 unspecified atom stereocenters. The average Bonchev–Trinajstić information content (AvgIpc) is 2.84. The van der Waals surface area contributed by atoms with E-state index in [0.717, 1.165) is 12.8 Å². The summed E-state index contributed by atoms with van der Waals surface area (Å²) in [6.45, 7) is 4.77. The predicted octanol–water partition coefficient (Wildman–Crippen LogP) is 1.44. The number of rotatable bonds is 3. The number of carboxylic acids is 1. The molecule has 0 radical (unpaired) electrons. The van der Waals surface area contributed by atoms with Gasteiger partial charge in [-0.05, 0) is 32.6 Å². The molecular weight excluding hydrogens is 220 g/mol. The van der Waals surface area contributed by atoms with Gasteiger partial charge in [0.1, 0.15) is 0 Å². The summed E-state index contributed by atoms with van der Waals surface area (Å²) in [5.74, 6) is -0.784. The van der Waals surface area contributed by atoms with Gasteiger partial charge in [-0.15, -0.1) is 0 Å². The molecule has 1 aliphatic heterocycles. The van der Waals surface area contributed by atoms with Gasteiger partial charge < -0.3 is 15.3 Å². The van der Waals surface area contributed by atoms with Crippen LogP contribution in [-0.4, -0.2) is 40.6 Å². The van der Waals surface area contributed by atoms with Crippen molar-refractivity contribution < 1.29 is 14.7 Å². The highest BCUT2D eigenvalue weighted by Gasteiger charge is 2.46. The summed E-state index contributed by atoms with van der Waals surface area (Å²) in [6.07, 6.45) is 3.17. The molecule has 17 heavy (non-hydrogen) atoms. The Morgan fingerprint density at radius 1 is 1.35 bits per heavy atom. The normalized spacial score (nSPS) is 30.1. The van der Waals surface area contributed by atoms with Crippen LogP contribution in [0.25, 0.3) is 0 Å². The van der Waals surface area contributed by atoms with Gasteiger partial charge in [0.15, 0.2) is 0 Å². The van der Waals surface area contributed by atoms with Gasteiger partial charge in [-0.25, -0.2) is 4.79 Å². The standard InChI is InChI=1S/C12H20N2O3/c1-3-12(9(15)16)6-7-14(8-12)10(17)13-11(2)4-5-11/h3-8H2,1-2H3,(H,13,17)(H,15,16). The maximum Gasteiger partial charge on any atom is 0.317 e. The predicted molar refractivity (Wildman–Crippen MR) is 62.7 cm³/mol. The highest BCUT2D eigenvalue weighted by molar-refractivity contribution is 5.80. The number of nitrogens with one attached hydrogen (secondary N) is 1. The summed E-state index contributed by atoms with van der Waals surface area (Å²) in [7, 11) is 0. The third-order valence-corrected chi connectivity index (χ3v) is 4.18. The summed E-state index contributed by atoms with van der Waals surface area (Å²) < 4.78 is 0. The smallest absolute Gasteiger partial charge is 0.317 e. The van der Waals surface area contributed by atoms with Gasteiger partial charge in [0.25, 0.3) is 0 Å². The minimum atomic E-state index is -0.784. The monoisotopic (exact) mass is 240 g/mol. The summed E-state index contributed by atoms with van der Waals surface area (Å²) >= 11 is 0. The minimum Gasteiger partial charge on any atom is -0.481 e. The molecular formula is C12H20N2O3. The number of hydrogen-bond donors (Lipinski definition) is 2. The first-order chi connectivity index (χ1) is 7.91. The number of urea groups is 1. The van der Waals surface area contributed by atoms with Crippen molar-refractivity contribution in [3.63, 3.8) is 0 Å². The second-order valence-electron chi connectivity index (χ2n) is 5.60. The number of carbonyl (C=O) groups excluding carboxylic acids is 1. The zero-order chi connectivity index (χ0) is 12.7. The number of hydrogen-bond acceptors (Lipinski definition) is 2. The van der Waals surface area contributed by atoms with Gasteiger partial charge in [0.05, 0.1) is 5.41 Å². The molecule has 1 heterocycles. The molecule has 1 saturated carbocycles. The van der Waals surface area contributed by atoms with E-state index in [1.807, 2.05) is 13.8 Å². The van der Waals surface area contributed by atoms with Crippen LogP contribution in [0.15, 0.2) is 0 Å². The Labute approximate surface area is 101 Å². The highest BCUT2D eigenvalue weighted by atomic mass is 16.4. The quantitative estimate of drug-likeness (QED) is 0.784. The van der Waals surface area contributed by atoms with E-state index >= 15 is 0 Å². The Balaban J connectivity index is 1.96. The minimum absolute atomic E-state index is 0.0439. The molecule has 0 aromatic heterocycles. The second kappa shape index (κ2) is 3.89. The van der Waals surface area contributed by atoms with Crippen LogP contribution in [-0.2, 0) is 4.79 Å². The Bertz CT molecular complexity index is 352. The molecule has 1 atom stereocenters. The van der Waals surface area contributed by atoms with Gasteiger partial charge in [-0.2, -0.15) is 0 Å². The van der Waals surface area contributed by atoms with Crippen molar-refractivity contribution in [2.24, 2.45) is 5.41 Å². The van der Waals surface area contributed by atoms with Crippen LogP contribution in [0.1, 0.15) is 39.5 Å². The Hall–Kier alpha value is -1.26. The van der Waals surface area contributed by atoms with Crippen molar-refractivity contribution in [1.82, 2.24) is 10.2 Å². The fraction of sp³-hybridized carbons (Fsp3) is 0.833. The molecule has 5 nitrogen and oxygen atoms in total. The molecule has 2 N–H and O–H groups in total. The lowest BCUT2D eigenvalue weighted by atomic mass is 9.84. The lowest BCUT2D eigenvalue weighted by Gasteiger charge is -2.24. The lowest BCUT2D eigenvalue weighted by molar-refractivity contribution is -0.148. The molecule has 2 aliphatic rings. The topological polar surface area (TPSA) is 69.6 Å². The molecule has 5 heteroatoms. The zero-order valence-electron chi connectivity index (χ0n) is 10.5. The van der Waals surface area contributed by atoms with Crippen LogP contribution in [0.4, 0.5) is 4.79 Å². The first kappa shape index (κ1) is 12.2. The second-order valence-corrected chi connectivity index (χ2v) is 5.60. The summed E-state index contributed by atoms with van der Waals surface area (Å²) in [5.41, 5.74) is -0.778. The van der Waals surface area contributed by atoms with Crippen molar-refractivity contribution in [3.8, 4) is 0 Å². The molecule has 2 rings (SSSR count). The fourth-order valence-electron chi connectivity index (χ4n) is 2.31. The van der Waals surface area contributed by atoms with Crippen molar-refractivity contribution in [2.45, 2.75) is 45.1 Å². The van der Waals surface area contributed by atoms with Gasteiger partial charge in [0, 0.05) is 18.6 Å². The van der Waals surface area contributed by atoms with E-state index in [0.29, 0.717) is 25.9 Å². The van der Waals surface area contributed by atoms with E-state index in [4.69, 9.17) is 0 Å². The fourth-order valence-corrected chi connectivity index (χ4v) is 2.31.